The second-order valence-electron chi connectivity index (χ2n) is 9.09. The molecule has 3 atom stereocenters. The van der Waals surface area contributed by atoms with Gasteiger partial charge in [0.2, 0.25) is 0 Å². The molecule has 0 aliphatic heterocycles. The average molecular weight is 455 g/mol. The normalized spacial score (nSPS) is 22.7. The van der Waals surface area contributed by atoms with Crippen molar-refractivity contribution >= 4 is 27.7 Å². The Balaban J connectivity index is 1.30. The van der Waals surface area contributed by atoms with Crippen LogP contribution in [-0.4, -0.2) is 40.5 Å². The van der Waals surface area contributed by atoms with E-state index in [1.165, 1.54) is 37.1 Å². The van der Waals surface area contributed by atoms with Crippen LogP contribution in [0.15, 0.2) is 0 Å². The van der Waals surface area contributed by atoms with E-state index < -0.39 is 0 Å². The maximum Gasteiger partial charge on any atom is 0.407 e. The summed E-state index contributed by atoms with van der Waals surface area (Å²) >= 11 is 0. The van der Waals surface area contributed by atoms with Gasteiger partial charge in [0, 0.05) is 6.54 Å². The van der Waals surface area contributed by atoms with Gasteiger partial charge in [0.15, 0.2) is 0 Å². The molecule has 1 N–H and O–H groups in total. The van der Waals surface area contributed by atoms with E-state index in [1.54, 1.807) is 21.6 Å². The number of carbonyl (C=O) groups is 1. The van der Waals surface area contributed by atoms with Gasteiger partial charge in [-0.2, -0.15) is 0 Å². The highest BCUT2D eigenvalue weighted by Crippen LogP contribution is 2.52. The number of fused-ring (bicyclic) bond motifs is 2. The highest BCUT2D eigenvalue weighted by Gasteiger charge is 2.50. The monoisotopic (exact) mass is 454 g/mol. The van der Waals surface area contributed by atoms with E-state index in [0.29, 0.717) is 24.4 Å². The first kappa shape index (κ1) is 23.8. The summed E-state index contributed by atoms with van der Waals surface area (Å²) in [6.07, 6.45) is 12.2. The Morgan fingerprint density at radius 1 is 1.20 bits per heavy atom. The third kappa shape index (κ3) is 7.08. The van der Waals surface area contributed by atoms with Gasteiger partial charge in [0.1, 0.15) is 0 Å². The Bertz CT molecular complexity index is 668. The van der Waals surface area contributed by atoms with Crippen LogP contribution in [0.5, 0.6) is 0 Å². The zero-order chi connectivity index (χ0) is 21.3. The molecule has 1 aromatic heterocycles. The summed E-state index contributed by atoms with van der Waals surface area (Å²) in [4.78, 5) is 12.0. The molecular formula is C22H38N4O2S2. The quantitative estimate of drug-likeness (QED) is 0.340. The number of carbonyl (C=O) groups excluding carboxylic acids is 1. The van der Waals surface area contributed by atoms with Crippen molar-refractivity contribution in [1.82, 2.24) is 20.3 Å². The number of alkyl carbamates (subject to hydrolysis) is 1. The Morgan fingerprint density at radius 3 is 2.73 bits per heavy atom. The van der Waals surface area contributed by atoms with Crippen molar-refractivity contribution < 1.29 is 9.53 Å². The lowest BCUT2D eigenvalue weighted by Gasteiger charge is -2.09. The fourth-order valence-electron chi connectivity index (χ4n) is 4.72. The number of aromatic nitrogens is 3. The van der Waals surface area contributed by atoms with Gasteiger partial charge in [0.05, 0.1) is 23.9 Å². The van der Waals surface area contributed by atoms with Crippen LogP contribution in [0.4, 0.5) is 4.79 Å². The molecule has 3 unspecified atom stereocenters. The van der Waals surface area contributed by atoms with Gasteiger partial charge < -0.3 is 10.1 Å². The predicted octanol–water partition coefficient (Wildman–Crippen LogP) is 5.32. The van der Waals surface area contributed by atoms with E-state index in [9.17, 15) is 4.79 Å². The molecule has 1 aromatic rings. The maximum atomic E-state index is 12.0. The lowest BCUT2D eigenvalue weighted by atomic mass is 10.0. The molecule has 1 amide bonds. The summed E-state index contributed by atoms with van der Waals surface area (Å²) in [5.74, 6) is 3.54. The molecule has 2 aliphatic carbocycles. The number of hydrogen-bond donors (Lipinski definition) is 1. The van der Waals surface area contributed by atoms with Gasteiger partial charge in [-0.05, 0) is 62.0 Å². The zero-order valence-electron chi connectivity index (χ0n) is 18.8. The van der Waals surface area contributed by atoms with Crippen LogP contribution in [0.1, 0.15) is 70.2 Å². The number of rotatable bonds is 12. The fourth-order valence-corrected chi connectivity index (χ4v) is 5.75. The molecule has 1 fully saturated rings. The SMILES string of the molecule is CSSCn1nnc2c1CCC1C(CC2)C1COC(=O)NCCCCCCC(C)C. The van der Waals surface area contributed by atoms with Crippen molar-refractivity contribution in [2.24, 2.45) is 23.7 Å². The fraction of sp³-hybridized carbons (Fsp3) is 0.864. The molecule has 0 aromatic carbocycles. The zero-order valence-corrected chi connectivity index (χ0v) is 20.4. The van der Waals surface area contributed by atoms with Crippen LogP contribution in [0.3, 0.4) is 0 Å². The van der Waals surface area contributed by atoms with Gasteiger partial charge in [-0.3, -0.25) is 0 Å². The largest absolute Gasteiger partial charge is 0.449 e. The Morgan fingerprint density at radius 2 is 1.97 bits per heavy atom. The topological polar surface area (TPSA) is 69.0 Å². The second-order valence-corrected chi connectivity index (χ2v) is 11.6. The minimum atomic E-state index is -0.244. The number of ether oxygens (including phenoxy) is 1. The van der Waals surface area contributed by atoms with Gasteiger partial charge in [-0.25, -0.2) is 9.48 Å². The van der Waals surface area contributed by atoms with E-state index in [0.717, 1.165) is 50.4 Å². The number of amides is 1. The second kappa shape index (κ2) is 12.2. The first-order valence-electron chi connectivity index (χ1n) is 11.6. The lowest BCUT2D eigenvalue weighted by molar-refractivity contribution is 0.137. The third-order valence-electron chi connectivity index (χ3n) is 6.53. The molecule has 3 rings (SSSR count). The van der Waals surface area contributed by atoms with Crippen LogP contribution < -0.4 is 5.32 Å². The molecule has 8 heteroatoms. The van der Waals surface area contributed by atoms with Crippen molar-refractivity contribution in [3.8, 4) is 0 Å². The van der Waals surface area contributed by atoms with Crippen LogP contribution in [0, 0.1) is 23.7 Å². The molecule has 1 heterocycles. The van der Waals surface area contributed by atoms with Crippen molar-refractivity contribution in [1.29, 1.82) is 0 Å². The molecule has 30 heavy (non-hydrogen) atoms. The third-order valence-corrected chi connectivity index (χ3v) is 8.14. The van der Waals surface area contributed by atoms with Gasteiger partial charge in [-0.15, -0.1) is 5.10 Å². The number of nitrogens with one attached hydrogen (secondary N) is 1. The molecular weight excluding hydrogens is 416 g/mol. The van der Waals surface area contributed by atoms with Gasteiger partial charge >= 0.3 is 6.09 Å². The maximum absolute atomic E-state index is 12.0. The van der Waals surface area contributed by atoms with Crippen molar-refractivity contribution in [3.63, 3.8) is 0 Å². The molecule has 1 saturated carbocycles. The van der Waals surface area contributed by atoms with E-state index >= 15 is 0 Å². The van der Waals surface area contributed by atoms with Crippen LogP contribution in [0.2, 0.25) is 0 Å². The van der Waals surface area contributed by atoms with Crippen LogP contribution in [-0.2, 0) is 23.5 Å². The number of aryl methyl sites for hydroxylation is 1. The minimum Gasteiger partial charge on any atom is -0.449 e. The highest BCUT2D eigenvalue weighted by molar-refractivity contribution is 8.76. The summed E-state index contributed by atoms with van der Waals surface area (Å²) in [5.41, 5.74) is 2.49. The molecule has 2 aliphatic rings. The Labute approximate surface area is 189 Å². The van der Waals surface area contributed by atoms with Crippen LogP contribution >= 0.6 is 21.6 Å². The number of nitrogens with zero attached hydrogens (tertiary/aromatic N) is 3. The highest BCUT2D eigenvalue weighted by atomic mass is 33.1. The first-order chi connectivity index (χ1) is 14.6. The van der Waals surface area contributed by atoms with Gasteiger partial charge in [-0.1, -0.05) is 66.3 Å². The van der Waals surface area contributed by atoms with Crippen LogP contribution in [0.25, 0.3) is 0 Å². The standard InChI is InChI=1S/C22H38N4O2S2/c1-16(2)8-6-4-5-7-13-23-22(27)28-14-19-17-9-11-20-21(12-10-18(17)19)26(25-24-20)15-30-29-3/h16-19H,4-15H2,1-3H3,(H,23,27). The minimum absolute atomic E-state index is 0.244. The number of hydrogen-bond acceptors (Lipinski definition) is 6. The Hall–Kier alpha value is -0.890. The number of unbranched alkanes of at least 4 members (excludes halogenated alkanes) is 3. The van der Waals surface area contributed by atoms with Gasteiger partial charge in [0.25, 0.3) is 0 Å². The first-order valence-corrected chi connectivity index (χ1v) is 14.3. The summed E-state index contributed by atoms with van der Waals surface area (Å²) in [6.45, 7) is 5.83. The molecule has 170 valence electrons. The predicted molar refractivity (Wildman–Crippen MR) is 126 cm³/mol. The van der Waals surface area contributed by atoms with E-state index in [1.807, 2.05) is 0 Å². The van der Waals surface area contributed by atoms with Crippen molar-refractivity contribution in [2.75, 3.05) is 19.4 Å². The molecule has 0 saturated heterocycles. The van der Waals surface area contributed by atoms with E-state index in [2.05, 4.69) is 40.4 Å². The molecule has 6 nitrogen and oxygen atoms in total. The van der Waals surface area contributed by atoms with Crippen molar-refractivity contribution in [2.45, 2.75) is 77.5 Å². The van der Waals surface area contributed by atoms with E-state index in [-0.39, 0.29) is 6.09 Å². The summed E-state index contributed by atoms with van der Waals surface area (Å²) < 4.78 is 7.62. The summed E-state index contributed by atoms with van der Waals surface area (Å²) in [7, 11) is 3.56. The lowest BCUT2D eigenvalue weighted by Crippen LogP contribution is -2.26. The van der Waals surface area contributed by atoms with E-state index in [4.69, 9.17) is 4.74 Å². The molecule has 0 radical (unpaired) electrons. The molecule has 0 spiro atoms. The summed E-state index contributed by atoms with van der Waals surface area (Å²) in [5, 5.41) is 11.7. The van der Waals surface area contributed by atoms with Crippen molar-refractivity contribution in [3.05, 3.63) is 11.4 Å². The average Bonchev–Trinajstić information content (AvgIpc) is 3.22. The Kier molecular flexibility index (Phi) is 9.68. The smallest absolute Gasteiger partial charge is 0.407 e. The summed E-state index contributed by atoms with van der Waals surface area (Å²) in [6, 6.07) is 0. The molecule has 0 bridgehead atoms.